The van der Waals surface area contributed by atoms with Crippen molar-refractivity contribution in [2.75, 3.05) is 11.9 Å². The molecule has 4 nitrogen and oxygen atoms in total. The fourth-order valence-electron chi connectivity index (χ4n) is 3.20. The van der Waals surface area contributed by atoms with Crippen molar-refractivity contribution < 1.29 is 9.53 Å². The van der Waals surface area contributed by atoms with Gasteiger partial charge in [-0.1, -0.05) is 62.9 Å². The molecule has 3 aromatic carbocycles. The summed E-state index contributed by atoms with van der Waals surface area (Å²) in [5, 5.41) is 8.32. The molecule has 1 amide bonds. The summed E-state index contributed by atoms with van der Waals surface area (Å²) in [7, 11) is 0. The predicted molar refractivity (Wildman–Crippen MR) is 128 cm³/mol. The van der Waals surface area contributed by atoms with Gasteiger partial charge in [0.2, 0.25) is 0 Å². The van der Waals surface area contributed by atoms with Crippen LogP contribution >= 0.6 is 12.2 Å². The Labute approximate surface area is 183 Å². The molecule has 0 saturated heterocycles. The second-order valence-corrected chi connectivity index (χ2v) is 7.67. The van der Waals surface area contributed by atoms with Gasteiger partial charge in [0.15, 0.2) is 5.11 Å². The van der Waals surface area contributed by atoms with Gasteiger partial charge in [0.1, 0.15) is 5.75 Å². The highest BCUT2D eigenvalue weighted by atomic mass is 32.1. The Morgan fingerprint density at radius 3 is 2.40 bits per heavy atom. The van der Waals surface area contributed by atoms with E-state index in [2.05, 4.69) is 23.6 Å². The maximum Gasteiger partial charge on any atom is 0.257 e. The minimum atomic E-state index is -0.251. The van der Waals surface area contributed by atoms with Crippen molar-refractivity contribution in [1.82, 2.24) is 5.32 Å². The summed E-state index contributed by atoms with van der Waals surface area (Å²) in [5.41, 5.74) is 1.37. The maximum atomic E-state index is 12.5. The van der Waals surface area contributed by atoms with Crippen molar-refractivity contribution in [2.45, 2.75) is 39.0 Å². The van der Waals surface area contributed by atoms with Crippen LogP contribution in [0.1, 0.15) is 49.4 Å². The molecule has 5 heteroatoms. The van der Waals surface area contributed by atoms with Gasteiger partial charge in [-0.15, -0.1) is 0 Å². The molecule has 0 spiro atoms. The van der Waals surface area contributed by atoms with Crippen molar-refractivity contribution in [1.29, 1.82) is 0 Å². The molecule has 30 heavy (non-hydrogen) atoms. The fourth-order valence-corrected chi connectivity index (χ4v) is 3.41. The zero-order valence-electron chi connectivity index (χ0n) is 17.3. The highest BCUT2D eigenvalue weighted by Gasteiger charge is 2.08. The third-order valence-electron chi connectivity index (χ3n) is 4.87. The molecule has 0 bridgehead atoms. The fraction of sp³-hybridized carbons (Fsp3) is 0.280. The molecule has 3 rings (SSSR count). The van der Waals surface area contributed by atoms with Crippen LogP contribution in [0.4, 0.5) is 5.69 Å². The molecule has 0 aliphatic heterocycles. The number of carbonyl (C=O) groups excluding carboxylic acids is 1. The predicted octanol–water partition coefficient (Wildman–Crippen LogP) is 6.32. The van der Waals surface area contributed by atoms with E-state index >= 15 is 0 Å². The molecule has 0 aliphatic rings. The summed E-state index contributed by atoms with van der Waals surface area (Å²) < 4.78 is 5.75. The molecule has 0 aliphatic carbocycles. The first-order valence-electron chi connectivity index (χ1n) is 10.5. The number of thiocarbonyl (C=S) groups is 1. The third kappa shape index (κ3) is 6.56. The Morgan fingerprint density at radius 1 is 0.900 bits per heavy atom. The lowest BCUT2D eigenvalue weighted by Crippen LogP contribution is -2.34. The van der Waals surface area contributed by atoms with Crippen molar-refractivity contribution in [2.24, 2.45) is 0 Å². The van der Waals surface area contributed by atoms with Crippen molar-refractivity contribution in [3.63, 3.8) is 0 Å². The van der Waals surface area contributed by atoms with Crippen LogP contribution in [0, 0.1) is 0 Å². The first-order valence-corrected chi connectivity index (χ1v) is 10.9. The minimum absolute atomic E-state index is 0.251. The standard InChI is InChI=1S/C25H28N2O2S/c1-2-3-4-5-8-17-29-23-15-12-20(13-16-23)24(28)27-25(30)26-22-14-11-19-9-6-7-10-21(19)18-22/h6-7,9-16,18H,2-5,8,17H2,1H3,(H2,26,27,28,30). The van der Waals surface area contributed by atoms with Crippen LogP contribution in [0.15, 0.2) is 66.7 Å². The number of ether oxygens (including phenoxy) is 1. The summed E-state index contributed by atoms with van der Waals surface area (Å²) in [6, 6.07) is 21.2. The summed E-state index contributed by atoms with van der Waals surface area (Å²) in [6.45, 7) is 2.91. The first-order chi connectivity index (χ1) is 14.7. The lowest BCUT2D eigenvalue weighted by atomic mass is 10.1. The molecule has 3 aromatic rings. The highest BCUT2D eigenvalue weighted by Crippen LogP contribution is 2.19. The van der Waals surface area contributed by atoms with Gasteiger partial charge in [0, 0.05) is 11.3 Å². The number of hydrogen-bond donors (Lipinski definition) is 2. The normalized spacial score (nSPS) is 10.6. The molecule has 0 radical (unpaired) electrons. The summed E-state index contributed by atoms with van der Waals surface area (Å²) in [5.74, 6) is 0.526. The number of fused-ring (bicyclic) bond motifs is 1. The van der Waals surface area contributed by atoms with Crippen LogP contribution in [0.3, 0.4) is 0 Å². The molecule has 0 saturated carbocycles. The summed E-state index contributed by atoms with van der Waals surface area (Å²) >= 11 is 5.29. The number of nitrogens with one attached hydrogen (secondary N) is 2. The number of benzene rings is 3. The molecule has 0 aromatic heterocycles. The van der Waals surface area contributed by atoms with E-state index in [-0.39, 0.29) is 11.0 Å². The topological polar surface area (TPSA) is 50.4 Å². The van der Waals surface area contributed by atoms with E-state index in [4.69, 9.17) is 17.0 Å². The molecule has 0 fully saturated rings. The SMILES string of the molecule is CCCCCCCOc1ccc(C(=O)NC(=S)Nc2ccc3ccccc3c2)cc1. The Hall–Kier alpha value is -2.92. The van der Waals surface area contributed by atoms with Crippen LogP contribution < -0.4 is 15.4 Å². The van der Waals surface area contributed by atoms with Gasteiger partial charge in [0.05, 0.1) is 6.61 Å². The first kappa shape index (κ1) is 21.8. The van der Waals surface area contributed by atoms with Crippen LogP contribution in [0.2, 0.25) is 0 Å². The second-order valence-electron chi connectivity index (χ2n) is 7.26. The molecular formula is C25H28N2O2S. The Bertz CT molecular complexity index is 986. The number of anilines is 1. The highest BCUT2D eigenvalue weighted by molar-refractivity contribution is 7.80. The summed E-state index contributed by atoms with van der Waals surface area (Å²) in [4.78, 5) is 12.5. The van der Waals surface area contributed by atoms with Crippen molar-refractivity contribution in [3.05, 3.63) is 72.3 Å². The molecular weight excluding hydrogens is 392 g/mol. The molecule has 156 valence electrons. The van der Waals surface area contributed by atoms with E-state index in [0.717, 1.165) is 28.6 Å². The van der Waals surface area contributed by atoms with E-state index in [1.807, 2.05) is 48.5 Å². The van der Waals surface area contributed by atoms with Crippen molar-refractivity contribution >= 4 is 39.7 Å². The van der Waals surface area contributed by atoms with E-state index < -0.39 is 0 Å². The minimum Gasteiger partial charge on any atom is -0.494 e. The van der Waals surface area contributed by atoms with Gasteiger partial charge in [0.25, 0.3) is 5.91 Å². The van der Waals surface area contributed by atoms with Gasteiger partial charge in [-0.25, -0.2) is 0 Å². The average Bonchev–Trinajstić information content (AvgIpc) is 2.76. The van der Waals surface area contributed by atoms with Gasteiger partial charge < -0.3 is 10.1 Å². The lowest BCUT2D eigenvalue weighted by Gasteiger charge is -2.11. The largest absolute Gasteiger partial charge is 0.494 e. The van der Waals surface area contributed by atoms with Gasteiger partial charge in [-0.05, 0) is 65.8 Å². The Kier molecular flexibility index (Phi) is 8.21. The zero-order valence-corrected chi connectivity index (χ0v) is 18.1. The van der Waals surface area contributed by atoms with E-state index in [9.17, 15) is 4.79 Å². The smallest absolute Gasteiger partial charge is 0.257 e. The maximum absolute atomic E-state index is 12.5. The number of unbranched alkanes of at least 4 members (excludes halogenated alkanes) is 4. The van der Waals surface area contributed by atoms with Gasteiger partial charge >= 0.3 is 0 Å². The van der Waals surface area contributed by atoms with Crippen LogP contribution in [-0.2, 0) is 0 Å². The van der Waals surface area contributed by atoms with Crippen LogP contribution in [0.25, 0.3) is 10.8 Å². The second kappa shape index (κ2) is 11.3. The molecule has 2 N–H and O–H groups in total. The van der Waals surface area contributed by atoms with E-state index in [1.54, 1.807) is 12.1 Å². The Balaban J connectivity index is 1.46. The molecule has 0 heterocycles. The third-order valence-corrected chi connectivity index (χ3v) is 5.07. The van der Waals surface area contributed by atoms with E-state index in [1.165, 1.54) is 25.7 Å². The Morgan fingerprint density at radius 2 is 1.63 bits per heavy atom. The lowest BCUT2D eigenvalue weighted by molar-refractivity contribution is 0.0977. The molecule has 0 atom stereocenters. The van der Waals surface area contributed by atoms with E-state index in [0.29, 0.717) is 12.2 Å². The quantitative estimate of drug-likeness (QED) is 0.314. The van der Waals surface area contributed by atoms with Crippen LogP contribution in [-0.4, -0.2) is 17.6 Å². The van der Waals surface area contributed by atoms with Gasteiger partial charge in [-0.3, -0.25) is 10.1 Å². The monoisotopic (exact) mass is 420 g/mol. The number of amides is 1. The number of carbonyl (C=O) groups is 1. The van der Waals surface area contributed by atoms with Crippen molar-refractivity contribution in [3.8, 4) is 5.75 Å². The average molecular weight is 421 g/mol. The summed E-state index contributed by atoms with van der Waals surface area (Å²) in [6.07, 6.45) is 6.02. The number of rotatable bonds is 9. The van der Waals surface area contributed by atoms with Crippen LogP contribution in [0.5, 0.6) is 5.75 Å². The van der Waals surface area contributed by atoms with Gasteiger partial charge in [-0.2, -0.15) is 0 Å². The number of hydrogen-bond acceptors (Lipinski definition) is 3. The molecule has 0 unspecified atom stereocenters. The zero-order chi connectivity index (χ0) is 21.2.